The second-order valence-electron chi connectivity index (χ2n) is 5.41. The Bertz CT molecular complexity index is 377. The van der Waals surface area contributed by atoms with Crippen LogP contribution >= 0.6 is 0 Å². The smallest absolute Gasteiger partial charge is 0.0946 e. The lowest BCUT2D eigenvalue weighted by Crippen LogP contribution is -2.30. The van der Waals surface area contributed by atoms with Gasteiger partial charge in [0.15, 0.2) is 0 Å². The summed E-state index contributed by atoms with van der Waals surface area (Å²) in [5.41, 5.74) is 7.32. The standard InChI is InChI=1S/C13H24N4O/c1-10(2)18-5-4-17-6-11(12(14)7-17)13-8-16(3)9-15-13/h8-12H,4-7,14H2,1-3H3/t11-,12-/m1/s1. The minimum atomic E-state index is 0.180. The molecule has 0 amide bonds. The number of aryl methyl sites for hydroxylation is 1. The SMILES string of the molecule is CC(C)OCCN1C[C@@H](N)[C@H](c2cn(C)cn2)C1. The van der Waals surface area contributed by atoms with Gasteiger partial charge in [0, 0.05) is 44.8 Å². The van der Waals surface area contributed by atoms with Crippen molar-refractivity contribution in [1.82, 2.24) is 14.5 Å². The van der Waals surface area contributed by atoms with Crippen molar-refractivity contribution in [1.29, 1.82) is 0 Å². The predicted molar refractivity (Wildman–Crippen MR) is 71.5 cm³/mol. The van der Waals surface area contributed by atoms with Crippen LogP contribution < -0.4 is 5.73 Å². The molecule has 1 fully saturated rings. The van der Waals surface area contributed by atoms with Crippen LogP contribution in [-0.4, -0.2) is 52.8 Å². The third-order valence-corrected chi connectivity index (χ3v) is 3.40. The molecule has 0 saturated carbocycles. The molecule has 1 aromatic rings. The van der Waals surface area contributed by atoms with Crippen LogP contribution in [0.5, 0.6) is 0 Å². The van der Waals surface area contributed by atoms with Gasteiger partial charge in [-0.1, -0.05) is 0 Å². The van der Waals surface area contributed by atoms with Crippen LogP contribution in [0.3, 0.4) is 0 Å². The first-order valence-corrected chi connectivity index (χ1v) is 6.63. The van der Waals surface area contributed by atoms with Crippen LogP contribution in [-0.2, 0) is 11.8 Å². The van der Waals surface area contributed by atoms with E-state index in [1.807, 2.05) is 17.9 Å². The van der Waals surface area contributed by atoms with Gasteiger partial charge in [-0.3, -0.25) is 4.90 Å². The molecule has 0 aromatic carbocycles. The number of ether oxygens (including phenoxy) is 1. The van der Waals surface area contributed by atoms with Gasteiger partial charge in [0.1, 0.15) is 0 Å². The fourth-order valence-electron chi connectivity index (χ4n) is 2.45. The highest BCUT2D eigenvalue weighted by molar-refractivity contribution is 5.12. The largest absolute Gasteiger partial charge is 0.377 e. The molecule has 1 aliphatic heterocycles. The lowest BCUT2D eigenvalue weighted by Gasteiger charge is -2.16. The Kier molecular flexibility index (Phi) is 4.37. The maximum absolute atomic E-state index is 6.21. The van der Waals surface area contributed by atoms with Crippen LogP contribution in [0.2, 0.25) is 0 Å². The molecule has 2 heterocycles. The first-order chi connectivity index (χ1) is 8.56. The van der Waals surface area contributed by atoms with Crippen molar-refractivity contribution < 1.29 is 4.74 Å². The third-order valence-electron chi connectivity index (χ3n) is 3.40. The molecule has 1 aromatic heterocycles. The second-order valence-corrected chi connectivity index (χ2v) is 5.41. The second kappa shape index (κ2) is 5.82. The van der Waals surface area contributed by atoms with Crippen LogP contribution in [0.1, 0.15) is 25.5 Å². The molecule has 1 aliphatic rings. The Hall–Kier alpha value is -0.910. The number of nitrogens with zero attached hydrogens (tertiary/aromatic N) is 3. The van der Waals surface area contributed by atoms with Crippen molar-refractivity contribution in [2.75, 3.05) is 26.2 Å². The van der Waals surface area contributed by atoms with E-state index < -0.39 is 0 Å². The normalized spacial score (nSPS) is 25.2. The van der Waals surface area contributed by atoms with Crippen LogP contribution in [0.4, 0.5) is 0 Å². The number of imidazole rings is 1. The van der Waals surface area contributed by atoms with E-state index in [-0.39, 0.29) is 6.04 Å². The molecular weight excluding hydrogens is 228 g/mol. The molecule has 1 saturated heterocycles. The fraction of sp³-hybridized carbons (Fsp3) is 0.769. The Morgan fingerprint density at radius 3 is 2.89 bits per heavy atom. The molecule has 0 bridgehead atoms. The van der Waals surface area contributed by atoms with Crippen molar-refractivity contribution in [3.05, 3.63) is 18.2 Å². The molecule has 0 spiro atoms. The van der Waals surface area contributed by atoms with Gasteiger partial charge in [-0.15, -0.1) is 0 Å². The minimum Gasteiger partial charge on any atom is -0.377 e. The maximum atomic E-state index is 6.21. The van der Waals surface area contributed by atoms with E-state index in [1.165, 1.54) is 0 Å². The van der Waals surface area contributed by atoms with E-state index in [0.29, 0.717) is 12.0 Å². The van der Waals surface area contributed by atoms with E-state index in [0.717, 1.165) is 31.9 Å². The average Bonchev–Trinajstić information content (AvgIpc) is 2.84. The van der Waals surface area contributed by atoms with Crippen molar-refractivity contribution in [2.45, 2.75) is 31.9 Å². The third kappa shape index (κ3) is 3.31. The van der Waals surface area contributed by atoms with Crippen LogP contribution in [0, 0.1) is 0 Å². The lowest BCUT2D eigenvalue weighted by molar-refractivity contribution is 0.0631. The number of rotatable bonds is 5. The van der Waals surface area contributed by atoms with Gasteiger partial charge in [-0.05, 0) is 13.8 Å². The van der Waals surface area contributed by atoms with E-state index in [4.69, 9.17) is 10.5 Å². The average molecular weight is 252 g/mol. The molecule has 5 heteroatoms. The summed E-state index contributed by atoms with van der Waals surface area (Å²) < 4.78 is 7.56. The fourth-order valence-corrected chi connectivity index (χ4v) is 2.45. The van der Waals surface area contributed by atoms with Crippen molar-refractivity contribution in [2.24, 2.45) is 12.8 Å². The molecule has 0 radical (unpaired) electrons. The zero-order chi connectivity index (χ0) is 13.1. The summed E-state index contributed by atoms with van der Waals surface area (Å²) in [6.07, 6.45) is 4.21. The number of aromatic nitrogens is 2. The maximum Gasteiger partial charge on any atom is 0.0946 e. The first kappa shape index (κ1) is 13.5. The minimum absolute atomic E-state index is 0.180. The highest BCUT2D eigenvalue weighted by atomic mass is 16.5. The summed E-state index contributed by atoms with van der Waals surface area (Å²) in [4.78, 5) is 6.78. The Labute approximate surface area is 109 Å². The zero-order valence-electron chi connectivity index (χ0n) is 11.5. The zero-order valence-corrected chi connectivity index (χ0v) is 11.5. The molecular formula is C13H24N4O. The van der Waals surface area contributed by atoms with Gasteiger partial charge in [0.2, 0.25) is 0 Å². The molecule has 0 aliphatic carbocycles. The van der Waals surface area contributed by atoms with Gasteiger partial charge in [0.25, 0.3) is 0 Å². The van der Waals surface area contributed by atoms with Gasteiger partial charge in [0.05, 0.1) is 24.7 Å². The van der Waals surface area contributed by atoms with Gasteiger partial charge in [-0.2, -0.15) is 0 Å². The first-order valence-electron chi connectivity index (χ1n) is 6.63. The van der Waals surface area contributed by atoms with Crippen LogP contribution in [0.25, 0.3) is 0 Å². The molecule has 2 rings (SSSR count). The Balaban J connectivity index is 1.85. The Morgan fingerprint density at radius 2 is 2.28 bits per heavy atom. The quantitative estimate of drug-likeness (QED) is 0.832. The Morgan fingerprint density at radius 1 is 1.50 bits per heavy atom. The monoisotopic (exact) mass is 252 g/mol. The van der Waals surface area contributed by atoms with Gasteiger partial charge in [-0.25, -0.2) is 4.98 Å². The van der Waals surface area contributed by atoms with E-state index in [1.54, 1.807) is 0 Å². The highest BCUT2D eigenvalue weighted by Crippen LogP contribution is 2.24. The molecule has 18 heavy (non-hydrogen) atoms. The van der Waals surface area contributed by atoms with Crippen molar-refractivity contribution in [3.8, 4) is 0 Å². The molecule has 5 nitrogen and oxygen atoms in total. The number of hydrogen-bond donors (Lipinski definition) is 1. The van der Waals surface area contributed by atoms with E-state index in [9.17, 15) is 0 Å². The highest BCUT2D eigenvalue weighted by Gasteiger charge is 2.32. The van der Waals surface area contributed by atoms with E-state index >= 15 is 0 Å². The topological polar surface area (TPSA) is 56.3 Å². The van der Waals surface area contributed by atoms with Crippen molar-refractivity contribution in [3.63, 3.8) is 0 Å². The molecule has 2 N–H and O–H groups in total. The number of nitrogens with two attached hydrogens (primary N) is 1. The lowest BCUT2D eigenvalue weighted by atomic mass is 10.0. The molecule has 2 atom stereocenters. The summed E-state index contributed by atoms with van der Waals surface area (Å²) in [6.45, 7) is 7.77. The predicted octanol–water partition coefficient (Wildman–Crippen LogP) is 0.572. The summed E-state index contributed by atoms with van der Waals surface area (Å²) >= 11 is 0. The number of hydrogen-bond acceptors (Lipinski definition) is 4. The summed E-state index contributed by atoms with van der Waals surface area (Å²) in [5.74, 6) is 0.352. The summed E-state index contributed by atoms with van der Waals surface area (Å²) in [7, 11) is 1.99. The molecule has 102 valence electrons. The summed E-state index contributed by atoms with van der Waals surface area (Å²) in [5, 5.41) is 0. The van der Waals surface area contributed by atoms with Gasteiger partial charge < -0.3 is 15.0 Å². The van der Waals surface area contributed by atoms with Gasteiger partial charge >= 0.3 is 0 Å². The molecule has 0 unspecified atom stereocenters. The summed E-state index contributed by atoms with van der Waals surface area (Å²) in [6, 6.07) is 0.180. The van der Waals surface area contributed by atoms with Crippen molar-refractivity contribution >= 4 is 0 Å². The van der Waals surface area contributed by atoms with Crippen LogP contribution in [0.15, 0.2) is 12.5 Å². The number of likely N-dealkylation sites (tertiary alicyclic amines) is 1. The van der Waals surface area contributed by atoms with E-state index in [2.05, 4.69) is 29.9 Å².